The highest BCUT2D eigenvalue weighted by molar-refractivity contribution is 9.10. The van der Waals surface area contributed by atoms with Gasteiger partial charge in [0.2, 0.25) is 5.76 Å². The third kappa shape index (κ3) is 3.32. The Labute approximate surface area is 178 Å². The van der Waals surface area contributed by atoms with Gasteiger partial charge in [-0.05, 0) is 42.3 Å². The molecule has 1 atom stereocenters. The Balaban J connectivity index is 1.92. The van der Waals surface area contributed by atoms with Crippen LogP contribution in [0.25, 0.3) is 11.0 Å². The molecule has 1 aromatic heterocycles. The molecule has 1 aliphatic heterocycles. The van der Waals surface area contributed by atoms with Crippen molar-refractivity contribution in [3.63, 3.8) is 0 Å². The molecule has 1 aliphatic rings. The van der Waals surface area contributed by atoms with Crippen molar-refractivity contribution in [2.75, 3.05) is 20.3 Å². The minimum Gasteiger partial charge on any atom is -0.450 e. The van der Waals surface area contributed by atoms with Crippen molar-refractivity contribution in [3.05, 3.63) is 78.5 Å². The maximum Gasteiger partial charge on any atom is 0.290 e. The van der Waals surface area contributed by atoms with Crippen LogP contribution in [0.1, 0.15) is 34.1 Å². The number of hydrogen-bond donors (Lipinski definition) is 0. The fraction of sp³-hybridized carbons (Fsp3) is 0.238. The van der Waals surface area contributed by atoms with Crippen molar-refractivity contribution in [2.45, 2.75) is 12.5 Å². The summed E-state index contributed by atoms with van der Waals surface area (Å²) in [6.07, 6.45) is 0.669. The molecule has 7 heteroatoms. The first-order valence-corrected chi connectivity index (χ1v) is 10.4. The molecule has 0 saturated heterocycles. The highest BCUT2D eigenvalue weighted by Crippen LogP contribution is 2.38. The third-order valence-corrected chi connectivity index (χ3v) is 5.88. The Morgan fingerprint density at radius 1 is 1.07 bits per heavy atom. The van der Waals surface area contributed by atoms with E-state index in [1.54, 1.807) is 30.2 Å². The molecule has 2 heterocycles. The smallest absolute Gasteiger partial charge is 0.290 e. The SMILES string of the molecule is COCCCN1C(=O)c2oc3ccc(Br)cc3c(=O)c2C1c1ccc(Br)cc1. The molecule has 0 saturated carbocycles. The van der Waals surface area contributed by atoms with Gasteiger partial charge in [0.25, 0.3) is 5.91 Å². The molecular formula is C21H17Br2NO4. The van der Waals surface area contributed by atoms with Crippen LogP contribution in [0.2, 0.25) is 0 Å². The number of ether oxygens (including phenoxy) is 1. The summed E-state index contributed by atoms with van der Waals surface area (Å²) in [4.78, 5) is 28.2. The van der Waals surface area contributed by atoms with E-state index in [1.165, 1.54) is 0 Å². The van der Waals surface area contributed by atoms with Gasteiger partial charge in [-0.25, -0.2) is 0 Å². The number of amides is 1. The van der Waals surface area contributed by atoms with E-state index < -0.39 is 6.04 Å². The number of nitrogens with zero attached hydrogens (tertiary/aromatic N) is 1. The van der Waals surface area contributed by atoms with Crippen LogP contribution in [-0.4, -0.2) is 31.1 Å². The Kier molecular flexibility index (Phi) is 5.40. The summed E-state index contributed by atoms with van der Waals surface area (Å²) in [6.45, 7) is 1.00. The second kappa shape index (κ2) is 7.81. The van der Waals surface area contributed by atoms with Gasteiger partial charge in [0.1, 0.15) is 5.58 Å². The van der Waals surface area contributed by atoms with Crippen molar-refractivity contribution >= 4 is 48.7 Å². The predicted molar refractivity (Wildman–Crippen MR) is 114 cm³/mol. The van der Waals surface area contributed by atoms with Crippen molar-refractivity contribution in [1.29, 1.82) is 0 Å². The first-order valence-electron chi connectivity index (χ1n) is 8.83. The second-order valence-electron chi connectivity index (χ2n) is 6.61. The van der Waals surface area contributed by atoms with Gasteiger partial charge in [-0.3, -0.25) is 9.59 Å². The van der Waals surface area contributed by atoms with E-state index >= 15 is 0 Å². The van der Waals surface area contributed by atoms with Crippen molar-refractivity contribution in [2.24, 2.45) is 0 Å². The lowest BCUT2D eigenvalue weighted by Gasteiger charge is -2.25. The molecule has 5 nitrogen and oxygen atoms in total. The molecule has 0 N–H and O–H groups in total. The monoisotopic (exact) mass is 505 g/mol. The predicted octanol–water partition coefficient (Wildman–Crippen LogP) is 4.90. The number of rotatable bonds is 5. The number of carbonyl (C=O) groups excluding carboxylic acids is 1. The zero-order valence-corrected chi connectivity index (χ0v) is 18.2. The maximum atomic E-state index is 13.4. The summed E-state index contributed by atoms with van der Waals surface area (Å²) in [7, 11) is 1.63. The van der Waals surface area contributed by atoms with Gasteiger partial charge < -0.3 is 14.1 Å². The molecule has 28 heavy (non-hydrogen) atoms. The van der Waals surface area contributed by atoms with Crippen LogP contribution < -0.4 is 5.43 Å². The van der Waals surface area contributed by atoms with E-state index in [0.717, 1.165) is 14.5 Å². The fourth-order valence-corrected chi connectivity index (χ4v) is 4.22. The van der Waals surface area contributed by atoms with E-state index in [1.807, 2.05) is 24.3 Å². The highest BCUT2D eigenvalue weighted by atomic mass is 79.9. The maximum absolute atomic E-state index is 13.4. The van der Waals surface area contributed by atoms with Gasteiger partial charge in [0, 0.05) is 29.2 Å². The standard InChI is InChI=1S/C21H17Br2NO4/c1-27-10-2-9-24-18(12-3-5-13(22)6-4-12)17-19(25)15-11-14(23)7-8-16(15)28-20(17)21(24)26/h3-8,11,18H,2,9-10H2,1H3. The van der Waals surface area contributed by atoms with Crippen LogP contribution in [0.3, 0.4) is 0 Å². The lowest BCUT2D eigenvalue weighted by Crippen LogP contribution is -2.31. The summed E-state index contributed by atoms with van der Waals surface area (Å²) in [5, 5.41) is 0.460. The van der Waals surface area contributed by atoms with E-state index in [4.69, 9.17) is 9.15 Å². The molecule has 0 radical (unpaired) electrons. The second-order valence-corrected chi connectivity index (χ2v) is 8.44. The van der Waals surface area contributed by atoms with Gasteiger partial charge in [0.05, 0.1) is 17.0 Å². The Bertz CT molecular complexity index is 1110. The number of carbonyl (C=O) groups is 1. The number of hydrogen-bond acceptors (Lipinski definition) is 4. The largest absolute Gasteiger partial charge is 0.450 e. The number of fused-ring (bicyclic) bond motifs is 2. The van der Waals surface area contributed by atoms with Gasteiger partial charge >= 0.3 is 0 Å². The molecule has 144 valence electrons. The van der Waals surface area contributed by atoms with Gasteiger partial charge in [-0.2, -0.15) is 0 Å². The average molecular weight is 507 g/mol. The Hall–Kier alpha value is -1.96. The lowest BCUT2D eigenvalue weighted by molar-refractivity contribution is 0.0708. The van der Waals surface area contributed by atoms with Gasteiger partial charge in [-0.1, -0.05) is 44.0 Å². The third-order valence-electron chi connectivity index (χ3n) is 4.86. The Morgan fingerprint density at radius 2 is 1.79 bits per heavy atom. The van der Waals surface area contributed by atoms with Gasteiger partial charge in [0.15, 0.2) is 5.43 Å². The number of methoxy groups -OCH3 is 1. The lowest BCUT2D eigenvalue weighted by atomic mass is 9.98. The van der Waals surface area contributed by atoms with Crippen LogP contribution in [0.4, 0.5) is 0 Å². The van der Waals surface area contributed by atoms with E-state index in [2.05, 4.69) is 31.9 Å². The number of halogens is 2. The van der Waals surface area contributed by atoms with Crippen LogP contribution in [-0.2, 0) is 4.74 Å². The molecule has 2 aromatic carbocycles. The zero-order chi connectivity index (χ0) is 19.8. The summed E-state index contributed by atoms with van der Waals surface area (Å²) in [6, 6.07) is 12.4. The molecule has 1 amide bonds. The quantitative estimate of drug-likeness (QED) is 0.462. The van der Waals surface area contributed by atoms with Crippen LogP contribution in [0.15, 0.2) is 60.6 Å². The van der Waals surface area contributed by atoms with Gasteiger partial charge in [-0.15, -0.1) is 0 Å². The summed E-state index contributed by atoms with van der Waals surface area (Å²) < 4.78 is 12.8. The molecular weight excluding hydrogens is 490 g/mol. The highest BCUT2D eigenvalue weighted by Gasteiger charge is 2.42. The summed E-state index contributed by atoms with van der Waals surface area (Å²) >= 11 is 6.84. The first-order chi connectivity index (χ1) is 13.5. The average Bonchev–Trinajstić information content (AvgIpc) is 2.96. The minimum atomic E-state index is -0.480. The van der Waals surface area contributed by atoms with Crippen LogP contribution >= 0.6 is 31.9 Å². The topological polar surface area (TPSA) is 59.8 Å². The summed E-state index contributed by atoms with van der Waals surface area (Å²) in [5.74, 6) is -0.133. The van der Waals surface area contributed by atoms with E-state index in [9.17, 15) is 9.59 Å². The van der Waals surface area contributed by atoms with Crippen molar-refractivity contribution < 1.29 is 13.9 Å². The van der Waals surface area contributed by atoms with E-state index in [-0.39, 0.29) is 17.1 Å². The van der Waals surface area contributed by atoms with Crippen molar-refractivity contribution in [3.8, 4) is 0 Å². The molecule has 0 bridgehead atoms. The molecule has 1 unspecified atom stereocenters. The first kappa shape index (κ1) is 19.4. The number of benzene rings is 2. The normalized spacial score (nSPS) is 16.0. The Morgan fingerprint density at radius 3 is 2.50 bits per heavy atom. The molecule has 4 rings (SSSR count). The minimum absolute atomic E-state index is 0.130. The van der Waals surface area contributed by atoms with Crippen LogP contribution in [0, 0.1) is 0 Å². The van der Waals surface area contributed by atoms with E-state index in [0.29, 0.717) is 36.1 Å². The zero-order valence-electron chi connectivity index (χ0n) is 15.1. The summed E-state index contributed by atoms with van der Waals surface area (Å²) in [5.41, 5.74) is 1.51. The molecule has 0 spiro atoms. The molecule has 3 aromatic rings. The molecule has 0 fully saturated rings. The van der Waals surface area contributed by atoms with Crippen LogP contribution in [0.5, 0.6) is 0 Å². The van der Waals surface area contributed by atoms with Crippen molar-refractivity contribution in [1.82, 2.24) is 4.90 Å². The molecule has 0 aliphatic carbocycles. The fourth-order valence-electron chi connectivity index (χ4n) is 3.59.